The molecule has 0 saturated heterocycles. The Morgan fingerprint density at radius 2 is 2.09 bits per heavy atom. The summed E-state index contributed by atoms with van der Waals surface area (Å²) in [6.07, 6.45) is 4.78. The Morgan fingerprint density at radius 3 is 2.73 bits per heavy atom. The van der Waals surface area contributed by atoms with Gasteiger partial charge in [0.05, 0.1) is 0 Å². The van der Waals surface area contributed by atoms with Crippen molar-refractivity contribution in [3.8, 4) is 0 Å². The van der Waals surface area contributed by atoms with Crippen LogP contribution in [0.3, 0.4) is 0 Å². The molecule has 2 N–H and O–H groups in total. The van der Waals surface area contributed by atoms with Gasteiger partial charge in [-0.15, -0.1) is 6.58 Å². The molecule has 0 spiro atoms. The van der Waals surface area contributed by atoms with Crippen molar-refractivity contribution in [1.82, 2.24) is 0 Å². The lowest BCUT2D eigenvalue weighted by molar-refractivity contribution is 1.25. The third-order valence-corrected chi connectivity index (χ3v) is 1.50. The van der Waals surface area contributed by atoms with Crippen molar-refractivity contribution >= 4 is 5.69 Å². The van der Waals surface area contributed by atoms with Crippen LogP contribution in [0.1, 0.15) is 12.0 Å². The number of hydrogen-bond donors (Lipinski definition) is 1. The van der Waals surface area contributed by atoms with Crippen LogP contribution >= 0.6 is 0 Å². The molecule has 0 saturated carbocycles. The minimum absolute atomic E-state index is 0.828. The van der Waals surface area contributed by atoms with Crippen LogP contribution in [-0.4, -0.2) is 0 Å². The van der Waals surface area contributed by atoms with Gasteiger partial charge < -0.3 is 5.73 Å². The number of anilines is 1. The van der Waals surface area contributed by atoms with E-state index in [4.69, 9.17) is 5.73 Å². The summed E-state index contributed by atoms with van der Waals surface area (Å²) in [5.41, 5.74) is 7.61. The SMILES string of the molecule is C=CC[CH]c1ccccc1N. The molecule has 1 heteroatoms. The van der Waals surface area contributed by atoms with Gasteiger partial charge in [0.15, 0.2) is 0 Å². The summed E-state index contributed by atoms with van der Waals surface area (Å²) in [6.45, 7) is 3.63. The molecule has 57 valence electrons. The first-order chi connectivity index (χ1) is 5.34. The third-order valence-electron chi connectivity index (χ3n) is 1.50. The first-order valence-electron chi connectivity index (χ1n) is 3.63. The molecule has 0 unspecified atom stereocenters. The molecule has 1 aromatic rings. The highest BCUT2D eigenvalue weighted by Crippen LogP contribution is 2.13. The van der Waals surface area contributed by atoms with Crippen LogP contribution < -0.4 is 5.73 Å². The molecule has 1 radical (unpaired) electrons. The van der Waals surface area contributed by atoms with Gasteiger partial charge in [-0.2, -0.15) is 0 Å². The highest BCUT2D eigenvalue weighted by Gasteiger charge is 1.94. The molecule has 0 amide bonds. The highest BCUT2D eigenvalue weighted by molar-refractivity contribution is 5.50. The lowest BCUT2D eigenvalue weighted by atomic mass is 10.1. The Morgan fingerprint density at radius 1 is 1.36 bits per heavy atom. The average Bonchev–Trinajstić information content (AvgIpc) is 2.03. The zero-order chi connectivity index (χ0) is 8.10. The molecule has 0 atom stereocenters. The Balaban J connectivity index is 2.69. The lowest BCUT2D eigenvalue weighted by Crippen LogP contribution is -1.90. The molecule has 0 aliphatic carbocycles. The Hall–Kier alpha value is -1.24. The van der Waals surface area contributed by atoms with E-state index in [-0.39, 0.29) is 0 Å². The van der Waals surface area contributed by atoms with Gasteiger partial charge in [-0.1, -0.05) is 24.3 Å². The number of rotatable bonds is 3. The summed E-state index contributed by atoms with van der Waals surface area (Å²) < 4.78 is 0. The van der Waals surface area contributed by atoms with Crippen LogP contribution in [0.25, 0.3) is 0 Å². The molecule has 0 fully saturated rings. The topological polar surface area (TPSA) is 26.0 Å². The van der Waals surface area contributed by atoms with E-state index >= 15 is 0 Å². The fourth-order valence-corrected chi connectivity index (χ4v) is 0.907. The van der Waals surface area contributed by atoms with Crippen molar-refractivity contribution in [2.75, 3.05) is 5.73 Å². The second kappa shape index (κ2) is 3.81. The van der Waals surface area contributed by atoms with Gasteiger partial charge in [0.1, 0.15) is 0 Å². The van der Waals surface area contributed by atoms with E-state index in [0.717, 1.165) is 17.7 Å². The van der Waals surface area contributed by atoms with Gasteiger partial charge in [-0.3, -0.25) is 0 Å². The monoisotopic (exact) mass is 146 g/mol. The van der Waals surface area contributed by atoms with E-state index < -0.39 is 0 Å². The number of hydrogen-bond acceptors (Lipinski definition) is 1. The first kappa shape index (κ1) is 7.86. The summed E-state index contributed by atoms with van der Waals surface area (Å²) in [7, 11) is 0. The Bertz CT molecular complexity index is 240. The van der Waals surface area contributed by atoms with Gasteiger partial charge in [-0.25, -0.2) is 0 Å². The van der Waals surface area contributed by atoms with E-state index in [1.54, 1.807) is 0 Å². The lowest BCUT2D eigenvalue weighted by Gasteiger charge is -2.01. The molecule has 1 aromatic carbocycles. The van der Waals surface area contributed by atoms with Gasteiger partial charge >= 0.3 is 0 Å². The fraction of sp³-hybridized carbons (Fsp3) is 0.100. The number of para-hydroxylation sites is 1. The predicted octanol–water partition coefficient (Wildman–Crippen LogP) is 2.40. The number of benzene rings is 1. The van der Waals surface area contributed by atoms with Crippen LogP contribution in [0, 0.1) is 6.42 Å². The van der Waals surface area contributed by atoms with E-state index in [2.05, 4.69) is 13.0 Å². The van der Waals surface area contributed by atoms with Crippen LogP contribution in [0.15, 0.2) is 36.9 Å². The molecular weight excluding hydrogens is 134 g/mol. The molecule has 0 aliphatic heterocycles. The zero-order valence-electron chi connectivity index (χ0n) is 6.46. The number of allylic oxidation sites excluding steroid dienone is 1. The van der Waals surface area contributed by atoms with Crippen molar-refractivity contribution < 1.29 is 0 Å². The molecule has 0 bridgehead atoms. The van der Waals surface area contributed by atoms with Crippen LogP contribution in [0.5, 0.6) is 0 Å². The minimum atomic E-state index is 0.828. The Labute approximate surface area is 67.5 Å². The van der Waals surface area contributed by atoms with Gasteiger partial charge in [-0.05, 0) is 24.5 Å². The maximum atomic E-state index is 5.70. The molecule has 11 heavy (non-hydrogen) atoms. The smallest absolute Gasteiger partial charge is 0.0349 e. The molecule has 1 rings (SSSR count). The number of nitrogen functional groups attached to an aromatic ring is 1. The molecule has 0 heterocycles. The maximum Gasteiger partial charge on any atom is 0.0349 e. The zero-order valence-corrected chi connectivity index (χ0v) is 6.46. The second-order valence-electron chi connectivity index (χ2n) is 2.36. The second-order valence-corrected chi connectivity index (χ2v) is 2.36. The van der Waals surface area contributed by atoms with Crippen LogP contribution in [0.4, 0.5) is 5.69 Å². The molecular formula is C10H12N. The fourth-order valence-electron chi connectivity index (χ4n) is 0.907. The largest absolute Gasteiger partial charge is 0.398 e. The highest BCUT2D eigenvalue weighted by atomic mass is 14.6. The molecule has 0 aliphatic rings. The summed E-state index contributed by atoms with van der Waals surface area (Å²) in [4.78, 5) is 0. The number of nitrogens with two attached hydrogens (primary N) is 1. The predicted molar refractivity (Wildman–Crippen MR) is 49.1 cm³/mol. The van der Waals surface area contributed by atoms with Crippen molar-refractivity contribution in [2.45, 2.75) is 6.42 Å². The normalized spacial score (nSPS) is 9.45. The van der Waals surface area contributed by atoms with Gasteiger partial charge in [0.25, 0.3) is 0 Å². The average molecular weight is 146 g/mol. The van der Waals surface area contributed by atoms with Crippen molar-refractivity contribution in [1.29, 1.82) is 0 Å². The van der Waals surface area contributed by atoms with Crippen LogP contribution in [0.2, 0.25) is 0 Å². The minimum Gasteiger partial charge on any atom is -0.398 e. The standard InChI is InChI=1S/C10H12N/c1-2-3-6-9-7-4-5-8-10(9)11/h2,4-8H,1,3,11H2. The summed E-state index contributed by atoms with van der Waals surface area (Å²) in [5, 5.41) is 0. The van der Waals surface area contributed by atoms with Crippen molar-refractivity contribution in [2.24, 2.45) is 0 Å². The summed E-state index contributed by atoms with van der Waals surface area (Å²) in [6, 6.07) is 7.81. The summed E-state index contributed by atoms with van der Waals surface area (Å²) >= 11 is 0. The van der Waals surface area contributed by atoms with Crippen molar-refractivity contribution in [3.63, 3.8) is 0 Å². The van der Waals surface area contributed by atoms with Gasteiger partial charge in [0.2, 0.25) is 0 Å². The van der Waals surface area contributed by atoms with E-state index in [1.807, 2.05) is 30.3 Å². The van der Waals surface area contributed by atoms with E-state index in [9.17, 15) is 0 Å². The van der Waals surface area contributed by atoms with E-state index in [1.165, 1.54) is 0 Å². The third kappa shape index (κ3) is 2.11. The molecule has 0 aromatic heterocycles. The Kier molecular flexibility index (Phi) is 2.73. The first-order valence-corrected chi connectivity index (χ1v) is 3.63. The summed E-state index contributed by atoms with van der Waals surface area (Å²) in [5.74, 6) is 0. The van der Waals surface area contributed by atoms with Gasteiger partial charge in [0, 0.05) is 5.69 Å². The van der Waals surface area contributed by atoms with Crippen molar-refractivity contribution in [3.05, 3.63) is 48.9 Å². The maximum absolute atomic E-state index is 5.70. The van der Waals surface area contributed by atoms with Crippen LogP contribution in [-0.2, 0) is 0 Å². The molecule has 1 nitrogen and oxygen atoms in total. The quantitative estimate of drug-likeness (QED) is 0.514. The van der Waals surface area contributed by atoms with E-state index in [0.29, 0.717) is 0 Å².